The molecule has 0 spiro atoms. The van der Waals surface area contributed by atoms with Crippen molar-refractivity contribution in [3.63, 3.8) is 0 Å². The number of aromatic amines is 1. The molecular formula is C19H18N2O3. The summed E-state index contributed by atoms with van der Waals surface area (Å²) >= 11 is 0. The summed E-state index contributed by atoms with van der Waals surface area (Å²) in [4.78, 5) is 27.2. The van der Waals surface area contributed by atoms with Crippen molar-refractivity contribution in [1.29, 1.82) is 0 Å². The molecule has 0 unspecified atom stereocenters. The smallest absolute Gasteiger partial charge is 0.265 e. The number of hydrogen-bond acceptors (Lipinski definition) is 3. The molecule has 0 aliphatic heterocycles. The molecule has 0 bridgehead atoms. The molecular weight excluding hydrogens is 304 g/mol. The summed E-state index contributed by atoms with van der Waals surface area (Å²) in [6.07, 6.45) is 0. The number of para-hydroxylation sites is 1. The van der Waals surface area contributed by atoms with E-state index in [-0.39, 0.29) is 11.3 Å². The molecule has 0 radical (unpaired) electrons. The normalized spacial score (nSPS) is 11.0. The molecule has 0 saturated carbocycles. The third kappa shape index (κ3) is 2.88. The Labute approximate surface area is 139 Å². The zero-order valence-electron chi connectivity index (χ0n) is 13.5. The molecule has 3 N–H and O–H groups in total. The summed E-state index contributed by atoms with van der Waals surface area (Å²) in [5, 5.41) is 13.4. The number of aromatic nitrogens is 1. The van der Waals surface area contributed by atoms with Gasteiger partial charge in [0.15, 0.2) is 0 Å². The Balaban J connectivity index is 1.95. The van der Waals surface area contributed by atoms with Gasteiger partial charge in [0.05, 0.1) is 5.52 Å². The van der Waals surface area contributed by atoms with Crippen LogP contribution in [0.1, 0.15) is 35.7 Å². The number of hydrogen-bond donors (Lipinski definition) is 3. The number of fused-ring (bicyclic) bond motifs is 1. The van der Waals surface area contributed by atoms with E-state index in [0.717, 1.165) is 5.56 Å². The Morgan fingerprint density at radius 3 is 2.42 bits per heavy atom. The fourth-order valence-electron chi connectivity index (χ4n) is 2.58. The molecule has 1 amide bonds. The number of benzene rings is 2. The fraction of sp³-hybridized carbons (Fsp3) is 0.158. The minimum Gasteiger partial charge on any atom is -0.506 e. The average Bonchev–Trinajstić information content (AvgIpc) is 2.55. The van der Waals surface area contributed by atoms with Crippen molar-refractivity contribution in [3.05, 3.63) is 70.0 Å². The van der Waals surface area contributed by atoms with Gasteiger partial charge in [-0.25, -0.2) is 0 Å². The number of pyridine rings is 1. The van der Waals surface area contributed by atoms with Gasteiger partial charge >= 0.3 is 0 Å². The Bertz CT molecular complexity index is 957. The number of amides is 1. The molecule has 3 rings (SSSR count). The van der Waals surface area contributed by atoms with Crippen LogP contribution in [0.3, 0.4) is 0 Å². The Morgan fingerprint density at radius 1 is 1.08 bits per heavy atom. The molecule has 5 nitrogen and oxygen atoms in total. The topological polar surface area (TPSA) is 82.2 Å². The summed E-state index contributed by atoms with van der Waals surface area (Å²) in [5.41, 5.74) is 1.29. The first-order valence-electron chi connectivity index (χ1n) is 7.72. The zero-order valence-corrected chi connectivity index (χ0v) is 13.5. The van der Waals surface area contributed by atoms with Crippen molar-refractivity contribution in [1.82, 2.24) is 4.98 Å². The number of H-pyrrole nitrogens is 1. The predicted molar refractivity (Wildman–Crippen MR) is 94.7 cm³/mol. The van der Waals surface area contributed by atoms with Gasteiger partial charge < -0.3 is 15.4 Å². The van der Waals surface area contributed by atoms with E-state index in [2.05, 4.69) is 24.1 Å². The molecule has 1 aromatic heterocycles. The molecule has 2 aromatic carbocycles. The third-order valence-electron chi connectivity index (χ3n) is 3.96. The van der Waals surface area contributed by atoms with Gasteiger partial charge in [-0.3, -0.25) is 9.59 Å². The SMILES string of the molecule is CC(C)c1ccc(NC(=O)c2c(O)c3ccccc3[nH]c2=O)cc1. The first-order valence-corrected chi connectivity index (χ1v) is 7.72. The Morgan fingerprint density at radius 2 is 1.75 bits per heavy atom. The molecule has 5 heteroatoms. The summed E-state index contributed by atoms with van der Waals surface area (Å²) < 4.78 is 0. The molecule has 0 saturated heterocycles. The summed E-state index contributed by atoms with van der Waals surface area (Å²) in [6, 6.07) is 14.2. The number of anilines is 1. The van der Waals surface area contributed by atoms with Crippen molar-refractivity contribution in [3.8, 4) is 5.75 Å². The highest BCUT2D eigenvalue weighted by Gasteiger charge is 2.19. The highest BCUT2D eigenvalue weighted by Crippen LogP contribution is 2.25. The van der Waals surface area contributed by atoms with Crippen LogP contribution in [-0.4, -0.2) is 16.0 Å². The van der Waals surface area contributed by atoms with Crippen LogP contribution in [0, 0.1) is 0 Å². The van der Waals surface area contributed by atoms with E-state index in [0.29, 0.717) is 22.5 Å². The van der Waals surface area contributed by atoms with Crippen LogP contribution in [0.15, 0.2) is 53.3 Å². The largest absolute Gasteiger partial charge is 0.506 e. The Kier molecular flexibility index (Phi) is 4.08. The fourth-order valence-corrected chi connectivity index (χ4v) is 2.58. The number of rotatable bonds is 3. The van der Waals surface area contributed by atoms with E-state index in [4.69, 9.17) is 0 Å². The maximum absolute atomic E-state index is 12.4. The second kappa shape index (κ2) is 6.20. The zero-order chi connectivity index (χ0) is 17.3. The number of nitrogens with one attached hydrogen (secondary N) is 2. The van der Waals surface area contributed by atoms with Gasteiger partial charge in [-0.15, -0.1) is 0 Å². The molecule has 24 heavy (non-hydrogen) atoms. The quantitative estimate of drug-likeness (QED) is 0.689. The number of carbonyl (C=O) groups is 1. The molecule has 1 heterocycles. The van der Waals surface area contributed by atoms with Gasteiger partial charge in [0.1, 0.15) is 11.3 Å². The van der Waals surface area contributed by atoms with Crippen molar-refractivity contribution >= 4 is 22.5 Å². The maximum Gasteiger partial charge on any atom is 0.265 e. The number of aromatic hydroxyl groups is 1. The van der Waals surface area contributed by atoms with Gasteiger partial charge in [-0.05, 0) is 35.7 Å². The van der Waals surface area contributed by atoms with Gasteiger partial charge in [0.2, 0.25) is 0 Å². The van der Waals surface area contributed by atoms with Crippen LogP contribution >= 0.6 is 0 Å². The third-order valence-corrected chi connectivity index (χ3v) is 3.96. The van der Waals surface area contributed by atoms with Crippen LogP contribution in [0.5, 0.6) is 5.75 Å². The first-order chi connectivity index (χ1) is 11.5. The van der Waals surface area contributed by atoms with Crippen LogP contribution in [0.25, 0.3) is 10.9 Å². The lowest BCUT2D eigenvalue weighted by molar-refractivity contribution is 0.102. The minimum atomic E-state index is -0.642. The van der Waals surface area contributed by atoms with Crippen LogP contribution < -0.4 is 10.9 Å². The van der Waals surface area contributed by atoms with Crippen molar-refractivity contribution in [2.24, 2.45) is 0 Å². The standard InChI is InChI=1S/C19H18N2O3/c1-11(2)12-7-9-13(10-8-12)20-18(23)16-17(22)14-5-3-4-6-15(14)21-19(16)24/h3-11H,1-2H3,(H,20,23)(H2,21,22,24). The maximum atomic E-state index is 12.4. The van der Waals surface area contributed by atoms with Crippen molar-refractivity contribution < 1.29 is 9.90 Å². The van der Waals surface area contributed by atoms with Gasteiger partial charge in [0, 0.05) is 11.1 Å². The molecule has 0 atom stereocenters. The molecule has 0 aliphatic carbocycles. The van der Waals surface area contributed by atoms with Gasteiger partial charge in [0.25, 0.3) is 11.5 Å². The highest BCUT2D eigenvalue weighted by molar-refractivity contribution is 6.08. The Hall–Kier alpha value is -3.08. The van der Waals surface area contributed by atoms with Crippen molar-refractivity contribution in [2.75, 3.05) is 5.32 Å². The van der Waals surface area contributed by atoms with Crippen molar-refractivity contribution in [2.45, 2.75) is 19.8 Å². The second-order valence-electron chi connectivity index (χ2n) is 5.95. The lowest BCUT2D eigenvalue weighted by atomic mass is 10.0. The van der Waals surface area contributed by atoms with Gasteiger partial charge in [-0.1, -0.05) is 38.1 Å². The predicted octanol–water partition coefficient (Wildman–Crippen LogP) is 3.61. The molecule has 0 fully saturated rings. The summed E-state index contributed by atoms with van der Waals surface area (Å²) in [5.74, 6) is -0.565. The highest BCUT2D eigenvalue weighted by atomic mass is 16.3. The minimum absolute atomic E-state index is 0.290. The average molecular weight is 322 g/mol. The van der Waals surface area contributed by atoms with E-state index in [9.17, 15) is 14.7 Å². The van der Waals surface area contributed by atoms with E-state index in [1.165, 1.54) is 0 Å². The van der Waals surface area contributed by atoms with E-state index in [1.807, 2.05) is 12.1 Å². The monoisotopic (exact) mass is 322 g/mol. The lowest BCUT2D eigenvalue weighted by Crippen LogP contribution is -2.23. The molecule has 122 valence electrons. The summed E-state index contributed by atoms with van der Waals surface area (Å²) in [6.45, 7) is 4.17. The second-order valence-corrected chi connectivity index (χ2v) is 5.95. The van der Waals surface area contributed by atoms with E-state index < -0.39 is 11.5 Å². The van der Waals surface area contributed by atoms with Crippen LogP contribution in [0.2, 0.25) is 0 Å². The van der Waals surface area contributed by atoms with Crippen LogP contribution in [0.4, 0.5) is 5.69 Å². The van der Waals surface area contributed by atoms with E-state index >= 15 is 0 Å². The van der Waals surface area contributed by atoms with E-state index in [1.54, 1.807) is 36.4 Å². The summed E-state index contributed by atoms with van der Waals surface area (Å²) in [7, 11) is 0. The first kappa shape index (κ1) is 15.8. The molecule has 0 aliphatic rings. The lowest BCUT2D eigenvalue weighted by Gasteiger charge is -2.10. The number of carbonyl (C=O) groups excluding carboxylic acids is 1. The van der Waals surface area contributed by atoms with Gasteiger partial charge in [-0.2, -0.15) is 0 Å². The van der Waals surface area contributed by atoms with Crippen LogP contribution in [-0.2, 0) is 0 Å². The molecule has 3 aromatic rings.